The monoisotopic (exact) mass is 495 g/mol. The molecule has 3 aromatic rings. The Bertz CT molecular complexity index is 1260. The van der Waals surface area contributed by atoms with E-state index in [4.69, 9.17) is 4.74 Å². The molecule has 4 rings (SSSR count). The third-order valence-electron chi connectivity index (χ3n) is 5.57. The van der Waals surface area contributed by atoms with Gasteiger partial charge < -0.3 is 15.0 Å². The van der Waals surface area contributed by atoms with Crippen LogP contribution in [0.15, 0.2) is 59.5 Å². The first-order valence-corrected chi connectivity index (χ1v) is 13.2. The maximum atomic E-state index is 13.2. The molecule has 0 saturated carbocycles. The van der Waals surface area contributed by atoms with E-state index in [0.717, 1.165) is 11.4 Å². The van der Waals surface area contributed by atoms with Gasteiger partial charge in [-0.05, 0) is 71.0 Å². The molecule has 1 N–H and O–H groups in total. The molecule has 0 spiro atoms. The third-order valence-corrected chi connectivity index (χ3v) is 7.49. The van der Waals surface area contributed by atoms with Gasteiger partial charge in [-0.15, -0.1) is 0 Å². The Labute approximate surface area is 208 Å². The van der Waals surface area contributed by atoms with Crippen LogP contribution in [-0.2, 0) is 10.0 Å². The molecule has 8 nitrogen and oxygen atoms in total. The summed E-state index contributed by atoms with van der Waals surface area (Å²) in [6.45, 7) is 11.6. The zero-order chi connectivity index (χ0) is 25.2. The lowest BCUT2D eigenvalue weighted by Gasteiger charge is -2.34. The van der Waals surface area contributed by atoms with E-state index in [1.165, 1.54) is 9.87 Å². The van der Waals surface area contributed by atoms with Gasteiger partial charge in [-0.25, -0.2) is 13.4 Å². The molecule has 186 valence electrons. The lowest BCUT2D eigenvalue weighted by molar-refractivity contribution is 0.131. The SMILES string of the molecule is Cc1ccc(Nc2cc(C)nc(N3CCN(S(=O)(=O)c4ccc(OC(C)(C)C)cc4)CC3)n2)cc1. The van der Waals surface area contributed by atoms with Crippen LogP contribution in [-0.4, -0.2) is 54.5 Å². The Hall–Kier alpha value is -3.17. The summed E-state index contributed by atoms with van der Waals surface area (Å²) in [5, 5.41) is 3.33. The molecule has 9 heteroatoms. The normalized spacial score (nSPS) is 15.2. The zero-order valence-electron chi connectivity index (χ0n) is 20.9. The molecule has 0 atom stereocenters. The van der Waals surface area contributed by atoms with Crippen molar-refractivity contribution < 1.29 is 13.2 Å². The highest BCUT2D eigenvalue weighted by Gasteiger charge is 2.29. The summed E-state index contributed by atoms with van der Waals surface area (Å²) < 4.78 is 33.7. The maximum absolute atomic E-state index is 13.2. The lowest BCUT2D eigenvalue weighted by Crippen LogP contribution is -2.49. The first kappa shape index (κ1) is 24.9. The van der Waals surface area contributed by atoms with Crippen molar-refractivity contribution in [3.63, 3.8) is 0 Å². The van der Waals surface area contributed by atoms with Crippen LogP contribution in [0, 0.1) is 13.8 Å². The molecule has 2 heterocycles. The van der Waals surface area contributed by atoms with Crippen LogP contribution in [0.3, 0.4) is 0 Å². The van der Waals surface area contributed by atoms with E-state index in [1.54, 1.807) is 24.3 Å². The quantitative estimate of drug-likeness (QED) is 0.538. The van der Waals surface area contributed by atoms with Crippen LogP contribution in [0.1, 0.15) is 32.0 Å². The largest absolute Gasteiger partial charge is 0.488 e. The van der Waals surface area contributed by atoms with E-state index in [-0.39, 0.29) is 10.5 Å². The number of aromatic nitrogens is 2. The summed E-state index contributed by atoms with van der Waals surface area (Å²) >= 11 is 0. The number of piperazine rings is 1. The zero-order valence-corrected chi connectivity index (χ0v) is 21.8. The van der Waals surface area contributed by atoms with Crippen molar-refractivity contribution in [2.24, 2.45) is 0 Å². The van der Waals surface area contributed by atoms with Gasteiger partial charge >= 0.3 is 0 Å². The van der Waals surface area contributed by atoms with Crippen molar-refractivity contribution in [1.29, 1.82) is 0 Å². The van der Waals surface area contributed by atoms with Crippen LogP contribution in [0.5, 0.6) is 5.75 Å². The molecule has 2 aromatic carbocycles. The standard InChI is InChI=1S/C26H33N5O3S/c1-19-6-8-21(9-7-19)28-24-18-20(2)27-25(29-24)30-14-16-31(17-15-30)35(32,33)23-12-10-22(11-13-23)34-26(3,4)5/h6-13,18H,14-17H2,1-5H3,(H,27,28,29). The van der Waals surface area contributed by atoms with Gasteiger partial charge in [-0.3, -0.25) is 0 Å². The molecule has 1 saturated heterocycles. The van der Waals surface area contributed by atoms with Crippen molar-refractivity contribution in [3.8, 4) is 5.75 Å². The third kappa shape index (κ3) is 6.29. The van der Waals surface area contributed by atoms with Crippen LogP contribution in [0.25, 0.3) is 0 Å². The smallest absolute Gasteiger partial charge is 0.243 e. The lowest BCUT2D eigenvalue weighted by atomic mass is 10.2. The molecule has 1 aliphatic rings. The molecular weight excluding hydrogens is 462 g/mol. The second kappa shape index (κ2) is 9.83. The van der Waals surface area contributed by atoms with Gasteiger partial charge in [0.25, 0.3) is 0 Å². The van der Waals surface area contributed by atoms with Gasteiger partial charge in [0.15, 0.2) is 0 Å². The molecule has 0 radical (unpaired) electrons. The Morgan fingerprint density at radius 1 is 0.886 bits per heavy atom. The molecule has 0 unspecified atom stereocenters. The van der Waals surface area contributed by atoms with Gasteiger partial charge in [-0.2, -0.15) is 9.29 Å². The van der Waals surface area contributed by atoms with Crippen LogP contribution < -0.4 is 15.0 Å². The Balaban J connectivity index is 1.42. The minimum atomic E-state index is -3.59. The number of hydrogen-bond donors (Lipinski definition) is 1. The average molecular weight is 496 g/mol. The van der Waals surface area contributed by atoms with Crippen LogP contribution in [0.2, 0.25) is 0 Å². The summed E-state index contributed by atoms with van der Waals surface area (Å²) in [7, 11) is -3.59. The fourth-order valence-electron chi connectivity index (χ4n) is 3.85. The second-order valence-electron chi connectivity index (χ2n) is 9.76. The van der Waals surface area contributed by atoms with Crippen molar-refractivity contribution >= 4 is 27.5 Å². The van der Waals surface area contributed by atoms with E-state index in [1.807, 2.05) is 69.9 Å². The number of benzene rings is 2. The van der Waals surface area contributed by atoms with Gasteiger partial charge in [-0.1, -0.05) is 17.7 Å². The highest BCUT2D eigenvalue weighted by molar-refractivity contribution is 7.89. The highest BCUT2D eigenvalue weighted by Crippen LogP contribution is 2.25. The predicted molar refractivity (Wildman–Crippen MR) is 139 cm³/mol. The molecule has 1 fully saturated rings. The Morgan fingerprint density at radius 3 is 2.11 bits per heavy atom. The second-order valence-corrected chi connectivity index (χ2v) is 11.7. The van der Waals surface area contributed by atoms with Crippen LogP contribution >= 0.6 is 0 Å². The average Bonchev–Trinajstić information content (AvgIpc) is 2.80. The van der Waals surface area contributed by atoms with Gasteiger partial charge in [0, 0.05) is 43.6 Å². The molecular formula is C26H33N5O3S. The number of aryl methyl sites for hydroxylation is 2. The number of nitrogens with zero attached hydrogens (tertiary/aromatic N) is 4. The fraction of sp³-hybridized carbons (Fsp3) is 0.385. The summed E-state index contributed by atoms with van der Waals surface area (Å²) in [5.74, 6) is 1.96. The Morgan fingerprint density at radius 2 is 1.51 bits per heavy atom. The number of rotatable bonds is 6. The number of hydrogen-bond acceptors (Lipinski definition) is 7. The van der Waals surface area contributed by atoms with E-state index < -0.39 is 10.0 Å². The van der Waals surface area contributed by atoms with E-state index in [0.29, 0.717) is 43.7 Å². The first-order chi connectivity index (χ1) is 16.5. The molecule has 0 amide bonds. The summed E-state index contributed by atoms with van der Waals surface area (Å²) in [6, 6.07) is 16.6. The van der Waals surface area contributed by atoms with Crippen molar-refractivity contribution in [1.82, 2.24) is 14.3 Å². The molecule has 35 heavy (non-hydrogen) atoms. The maximum Gasteiger partial charge on any atom is 0.243 e. The summed E-state index contributed by atoms with van der Waals surface area (Å²) in [6.07, 6.45) is 0. The number of sulfonamides is 1. The van der Waals surface area contributed by atoms with Gasteiger partial charge in [0.05, 0.1) is 4.90 Å². The first-order valence-electron chi connectivity index (χ1n) is 11.7. The minimum absolute atomic E-state index is 0.267. The molecule has 0 aliphatic carbocycles. The van der Waals surface area contributed by atoms with Crippen molar-refractivity contribution in [2.75, 3.05) is 36.4 Å². The van der Waals surface area contributed by atoms with E-state index in [2.05, 4.69) is 15.3 Å². The topological polar surface area (TPSA) is 87.7 Å². The van der Waals surface area contributed by atoms with Crippen LogP contribution in [0.4, 0.5) is 17.5 Å². The fourth-order valence-corrected chi connectivity index (χ4v) is 5.28. The highest BCUT2D eigenvalue weighted by atomic mass is 32.2. The van der Waals surface area contributed by atoms with Crippen molar-refractivity contribution in [2.45, 2.75) is 45.1 Å². The number of anilines is 3. The van der Waals surface area contributed by atoms with Gasteiger partial charge in [0.1, 0.15) is 17.2 Å². The Kier molecular flexibility index (Phi) is 7.00. The minimum Gasteiger partial charge on any atom is -0.488 e. The number of ether oxygens (including phenoxy) is 1. The van der Waals surface area contributed by atoms with E-state index in [9.17, 15) is 8.42 Å². The molecule has 1 aliphatic heterocycles. The predicted octanol–water partition coefficient (Wildman–Crippen LogP) is 4.53. The van der Waals surface area contributed by atoms with Gasteiger partial charge in [0.2, 0.25) is 16.0 Å². The van der Waals surface area contributed by atoms with Crippen molar-refractivity contribution in [3.05, 3.63) is 65.9 Å². The summed E-state index contributed by atoms with van der Waals surface area (Å²) in [4.78, 5) is 11.6. The molecule has 1 aromatic heterocycles. The molecule has 0 bridgehead atoms. The van der Waals surface area contributed by atoms with E-state index >= 15 is 0 Å². The number of nitrogens with one attached hydrogen (secondary N) is 1. The summed E-state index contributed by atoms with van der Waals surface area (Å²) in [5.41, 5.74) is 2.65.